The number of nitrogens with two attached hydrogens (primary N) is 1. The molecule has 4 aromatic rings. The van der Waals surface area contributed by atoms with Crippen molar-refractivity contribution in [3.05, 3.63) is 95.6 Å². The van der Waals surface area contributed by atoms with Crippen LogP contribution in [0.1, 0.15) is 5.56 Å². The Morgan fingerprint density at radius 2 is 2.03 bits per heavy atom. The van der Waals surface area contributed by atoms with E-state index in [1.165, 1.54) is 18.3 Å². The molecular formula is C25H21N5O2. The average molecular weight is 423 g/mol. The topological polar surface area (TPSA) is 102 Å². The number of hydrogen-bond donors (Lipinski definition) is 2. The molecular weight excluding hydrogens is 402 g/mol. The number of carbonyl (C=O) groups is 1. The molecule has 0 spiro atoms. The number of fused-ring (bicyclic) bond motifs is 3. The second-order valence-corrected chi connectivity index (χ2v) is 7.13. The Kier molecular flexibility index (Phi) is 5.63. The molecule has 32 heavy (non-hydrogen) atoms. The van der Waals surface area contributed by atoms with Gasteiger partial charge >= 0.3 is 0 Å². The van der Waals surface area contributed by atoms with Gasteiger partial charge in [0.2, 0.25) is 5.91 Å². The SMILES string of the molecule is C=CC(=O)Nc1cc(-n2c(=O)ccc3cnc4ccc(N=CC=CN)cc4c32)ccc1C. The van der Waals surface area contributed by atoms with Crippen molar-refractivity contribution in [2.45, 2.75) is 6.92 Å². The first kappa shape index (κ1) is 20.7. The first-order valence-corrected chi connectivity index (χ1v) is 9.92. The van der Waals surface area contributed by atoms with E-state index in [9.17, 15) is 9.59 Å². The number of rotatable bonds is 5. The number of aryl methyl sites for hydroxylation is 1. The van der Waals surface area contributed by atoms with E-state index in [1.807, 2.05) is 37.3 Å². The van der Waals surface area contributed by atoms with Crippen molar-refractivity contribution >= 4 is 45.3 Å². The molecule has 0 bridgehead atoms. The Morgan fingerprint density at radius 1 is 1.19 bits per heavy atom. The predicted octanol–water partition coefficient (Wildman–Crippen LogP) is 4.15. The van der Waals surface area contributed by atoms with Crippen molar-refractivity contribution in [2.24, 2.45) is 10.7 Å². The number of nitrogens with zero attached hydrogens (tertiary/aromatic N) is 3. The summed E-state index contributed by atoms with van der Waals surface area (Å²) in [6.45, 7) is 5.38. The highest BCUT2D eigenvalue weighted by Crippen LogP contribution is 2.29. The molecule has 0 atom stereocenters. The Hall–Kier alpha value is -4.52. The van der Waals surface area contributed by atoms with Crippen LogP contribution in [0.25, 0.3) is 27.5 Å². The van der Waals surface area contributed by atoms with Crippen LogP contribution in [0.15, 0.2) is 89.4 Å². The van der Waals surface area contributed by atoms with Gasteiger partial charge in [-0.25, -0.2) is 0 Å². The minimum Gasteiger partial charge on any atom is -0.405 e. The molecule has 158 valence electrons. The zero-order chi connectivity index (χ0) is 22.7. The summed E-state index contributed by atoms with van der Waals surface area (Å²) in [5.41, 5.74) is 9.41. The largest absolute Gasteiger partial charge is 0.405 e. The van der Waals surface area contributed by atoms with E-state index in [2.05, 4.69) is 21.9 Å². The lowest BCUT2D eigenvalue weighted by Crippen LogP contribution is -2.18. The van der Waals surface area contributed by atoms with Crippen LogP contribution < -0.4 is 16.6 Å². The van der Waals surface area contributed by atoms with Gasteiger partial charge in [-0.3, -0.25) is 24.1 Å². The van der Waals surface area contributed by atoms with Crippen molar-refractivity contribution in [3.8, 4) is 5.69 Å². The van der Waals surface area contributed by atoms with Crippen molar-refractivity contribution < 1.29 is 4.79 Å². The molecule has 7 heteroatoms. The van der Waals surface area contributed by atoms with Crippen LogP contribution in [0, 0.1) is 6.92 Å². The number of anilines is 1. The van der Waals surface area contributed by atoms with E-state index in [0.717, 1.165) is 21.9 Å². The van der Waals surface area contributed by atoms with Gasteiger partial charge in [0, 0.05) is 34.9 Å². The predicted molar refractivity (Wildman–Crippen MR) is 130 cm³/mol. The zero-order valence-corrected chi connectivity index (χ0v) is 17.4. The Morgan fingerprint density at radius 3 is 2.81 bits per heavy atom. The fourth-order valence-electron chi connectivity index (χ4n) is 3.48. The number of amides is 1. The first-order chi connectivity index (χ1) is 15.5. The molecule has 0 unspecified atom stereocenters. The van der Waals surface area contributed by atoms with E-state index >= 15 is 0 Å². The molecule has 2 aromatic carbocycles. The van der Waals surface area contributed by atoms with Crippen molar-refractivity contribution in [1.82, 2.24) is 9.55 Å². The summed E-state index contributed by atoms with van der Waals surface area (Å²) < 4.78 is 1.62. The van der Waals surface area contributed by atoms with Gasteiger partial charge in [-0.15, -0.1) is 0 Å². The summed E-state index contributed by atoms with van der Waals surface area (Å²) >= 11 is 0. The highest BCUT2D eigenvalue weighted by Gasteiger charge is 2.12. The second-order valence-electron chi connectivity index (χ2n) is 7.13. The number of pyridine rings is 2. The van der Waals surface area contributed by atoms with Gasteiger partial charge in [-0.1, -0.05) is 12.6 Å². The number of nitrogens with one attached hydrogen (secondary N) is 1. The van der Waals surface area contributed by atoms with E-state index < -0.39 is 0 Å². The van der Waals surface area contributed by atoms with Gasteiger partial charge in [0.1, 0.15) is 0 Å². The highest BCUT2D eigenvalue weighted by atomic mass is 16.1. The molecule has 0 radical (unpaired) electrons. The minimum atomic E-state index is -0.320. The molecule has 2 aromatic heterocycles. The summed E-state index contributed by atoms with van der Waals surface area (Å²) in [6, 6.07) is 14.3. The van der Waals surface area contributed by atoms with Crippen molar-refractivity contribution in [1.29, 1.82) is 0 Å². The Balaban J connectivity index is 2.01. The standard InChI is InChI=1S/C25H21N5O2/c1-3-23(31)29-22-14-19(8-5-16(22)2)30-24(32)10-6-17-15-28-21-9-7-18(27-12-4-11-26)13-20(21)25(17)30/h3-15H,1,26H2,2H3,(H,29,31). The third-order valence-corrected chi connectivity index (χ3v) is 5.04. The highest BCUT2D eigenvalue weighted by molar-refractivity contribution is 6.05. The zero-order valence-electron chi connectivity index (χ0n) is 17.4. The lowest BCUT2D eigenvalue weighted by Gasteiger charge is -2.15. The smallest absolute Gasteiger partial charge is 0.255 e. The van der Waals surface area contributed by atoms with Crippen molar-refractivity contribution in [2.75, 3.05) is 5.32 Å². The molecule has 2 heterocycles. The van der Waals surface area contributed by atoms with Gasteiger partial charge in [0.05, 0.1) is 22.4 Å². The molecule has 0 fully saturated rings. The Bertz CT molecular complexity index is 1480. The minimum absolute atomic E-state index is 0.199. The summed E-state index contributed by atoms with van der Waals surface area (Å²) in [5, 5.41) is 4.38. The number of carbonyl (C=O) groups excluding carboxylic acids is 1. The van der Waals surface area contributed by atoms with Gasteiger partial charge in [0.25, 0.3) is 5.56 Å². The quantitative estimate of drug-likeness (QED) is 0.286. The van der Waals surface area contributed by atoms with E-state index in [4.69, 9.17) is 5.73 Å². The fraction of sp³-hybridized carbons (Fsp3) is 0.0400. The van der Waals surface area contributed by atoms with Crippen LogP contribution in [0.3, 0.4) is 0 Å². The van der Waals surface area contributed by atoms with E-state index in [-0.39, 0.29) is 11.5 Å². The number of aromatic nitrogens is 2. The van der Waals surface area contributed by atoms with Crippen LogP contribution in [-0.2, 0) is 4.79 Å². The maximum Gasteiger partial charge on any atom is 0.255 e. The normalized spacial score (nSPS) is 11.5. The summed E-state index contributed by atoms with van der Waals surface area (Å²) in [4.78, 5) is 33.8. The maximum absolute atomic E-state index is 13.0. The van der Waals surface area contributed by atoms with Crippen LogP contribution in [0.2, 0.25) is 0 Å². The van der Waals surface area contributed by atoms with Crippen molar-refractivity contribution in [3.63, 3.8) is 0 Å². The third-order valence-electron chi connectivity index (χ3n) is 5.04. The maximum atomic E-state index is 13.0. The fourth-order valence-corrected chi connectivity index (χ4v) is 3.48. The lowest BCUT2D eigenvalue weighted by atomic mass is 10.1. The Labute approximate surface area is 184 Å². The van der Waals surface area contributed by atoms with E-state index in [1.54, 1.807) is 35.2 Å². The molecule has 1 amide bonds. The summed E-state index contributed by atoms with van der Waals surface area (Å²) in [7, 11) is 0. The molecule has 0 aliphatic heterocycles. The molecule has 0 aliphatic carbocycles. The lowest BCUT2D eigenvalue weighted by molar-refractivity contribution is -0.111. The number of benzene rings is 2. The second kappa shape index (κ2) is 8.69. The molecule has 4 rings (SSSR count). The monoisotopic (exact) mass is 423 g/mol. The molecule has 0 aliphatic rings. The van der Waals surface area contributed by atoms with Crippen LogP contribution >= 0.6 is 0 Å². The van der Waals surface area contributed by atoms with Gasteiger partial charge < -0.3 is 11.1 Å². The van der Waals surface area contributed by atoms with Crippen LogP contribution in [0.4, 0.5) is 11.4 Å². The van der Waals surface area contributed by atoms with Gasteiger partial charge in [-0.2, -0.15) is 0 Å². The number of allylic oxidation sites excluding steroid dienone is 1. The van der Waals surface area contributed by atoms with E-state index in [0.29, 0.717) is 22.6 Å². The average Bonchev–Trinajstić information content (AvgIpc) is 2.80. The van der Waals surface area contributed by atoms with Gasteiger partial charge in [0.15, 0.2) is 0 Å². The van der Waals surface area contributed by atoms with Crippen LogP contribution in [-0.4, -0.2) is 21.7 Å². The number of aliphatic imine (C=N–C) groups is 1. The molecule has 0 saturated heterocycles. The molecule has 7 nitrogen and oxygen atoms in total. The first-order valence-electron chi connectivity index (χ1n) is 9.92. The number of hydrogen-bond acceptors (Lipinski definition) is 5. The van der Waals surface area contributed by atoms with Crippen LogP contribution in [0.5, 0.6) is 0 Å². The molecule has 0 saturated carbocycles. The summed E-state index contributed by atoms with van der Waals surface area (Å²) in [6.07, 6.45) is 7.58. The molecule has 3 N–H and O–H groups in total. The van der Waals surface area contributed by atoms with Gasteiger partial charge in [-0.05, 0) is 67.2 Å². The summed E-state index contributed by atoms with van der Waals surface area (Å²) in [5.74, 6) is -0.320. The third kappa shape index (κ3) is 3.91.